The monoisotopic (exact) mass is 320 g/mol. The molecule has 7 nitrogen and oxygen atoms in total. The van der Waals surface area contributed by atoms with Crippen molar-refractivity contribution in [2.45, 2.75) is 32.2 Å². The number of rotatable bonds is 4. The number of carbonyl (C=O) groups is 3. The third-order valence-corrected chi connectivity index (χ3v) is 3.94. The van der Waals surface area contributed by atoms with Crippen molar-refractivity contribution in [3.63, 3.8) is 0 Å². The Morgan fingerprint density at radius 2 is 2.09 bits per heavy atom. The lowest BCUT2D eigenvalue weighted by molar-refractivity contribution is -0.143. The molecule has 0 aliphatic carbocycles. The summed E-state index contributed by atoms with van der Waals surface area (Å²) in [5, 5.41) is 9.84. The second-order valence-corrected chi connectivity index (χ2v) is 5.55. The standard InChI is InChI=1S/C16H20N2O5/c1-10-5-4-6-11(14(10)20)16(22)23-9-13(19)18-8-3-2-7-12(18)15(17)21/h4-6,12,20H,2-3,7-9H2,1H3,(H2,17,21)/t12-/m0/s1. The third-order valence-electron chi connectivity index (χ3n) is 3.94. The van der Waals surface area contributed by atoms with Crippen LogP contribution in [0, 0.1) is 6.92 Å². The van der Waals surface area contributed by atoms with Gasteiger partial charge in [-0.1, -0.05) is 12.1 Å². The van der Waals surface area contributed by atoms with Gasteiger partial charge in [-0.25, -0.2) is 4.79 Å². The van der Waals surface area contributed by atoms with Gasteiger partial charge in [0.2, 0.25) is 5.91 Å². The molecule has 2 rings (SSSR count). The number of carbonyl (C=O) groups excluding carboxylic acids is 3. The highest BCUT2D eigenvalue weighted by atomic mass is 16.5. The number of aryl methyl sites for hydroxylation is 1. The van der Waals surface area contributed by atoms with Gasteiger partial charge in [0.1, 0.15) is 17.4 Å². The first-order chi connectivity index (χ1) is 10.9. The minimum absolute atomic E-state index is 0.00268. The van der Waals surface area contributed by atoms with Crippen LogP contribution < -0.4 is 5.73 Å². The minimum atomic E-state index is -0.785. The number of phenols is 1. The summed E-state index contributed by atoms with van der Waals surface area (Å²) in [5.74, 6) is -1.97. The number of phenolic OH excluding ortho intramolecular Hbond substituents is 1. The molecule has 0 saturated carbocycles. The molecule has 1 atom stereocenters. The largest absolute Gasteiger partial charge is 0.507 e. The van der Waals surface area contributed by atoms with E-state index in [4.69, 9.17) is 10.5 Å². The van der Waals surface area contributed by atoms with Gasteiger partial charge in [-0.3, -0.25) is 9.59 Å². The van der Waals surface area contributed by atoms with Gasteiger partial charge in [0.25, 0.3) is 5.91 Å². The molecule has 0 unspecified atom stereocenters. The van der Waals surface area contributed by atoms with E-state index in [-0.39, 0.29) is 11.3 Å². The smallest absolute Gasteiger partial charge is 0.342 e. The normalized spacial score (nSPS) is 17.6. The van der Waals surface area contributed by atoms with Crippen LogP contribution in [0.15, 0.2) is 18.2 Å². The van der Waals surface area contributed by atoms with Crippen LogP contribution >= 0.6 is 0 Å². The summed E-state index contributed by atoms with van der Waals surface area (Å²) in [6.45, 7) is 1.58. The molecular weight excluding hydrogens is 300 g/mol. The van der Waals surface area contributed by atoms with Crippen LogP contribution in [0.2, 0.25) is 0 Å². The molecule has 1 aliphatic rings. The predicted molar refractivity (Wildman–Crippen MR) is 81.7 cm³/mol. The Morgan fingerprint density at radius 3 is 2.78 bits per heavy atom. The van der Waals surface area contributed by atoms with Crippen LogP contribution in [0.4, 0.5) is 0 Å². The Balaban J connectivity index is 1.99. The van der Waals surface area contributed by atoms with Crippen LogP contribution in [-0.4, -0.2) is 47.0 Å². The van der Waals surface area contributed by atoms with Crippen molar-refractivity contribution in [1.29, 1.82) is 0 Å². The molecule has 1 aliphatic heterocycles. The van der Waals surface area contributed by atoms with E-state index in [2.05, 4.69) is 0 Å². The molecule has 0 bridgehead atoms. The highest BCUT2D eigenvalue weighted by Crippen LogP contribution is 2.22. The van der Waals surface area contributed by atoms with E-state index in [0.717, 1.165) is 12.8 Å². The number of esters is 1. The summed E-state index contributed by atoms with van der Waals surface area (Å²) in [6.07, 6.45) is 2.13. The molecule has 23 heavy (non-hydrogen) atoms. The van der Waals surface area contributed by atoms with E-state index < -0.39 is 30.4 Å². The Kier molecular flexibility index (Phi) is 5.20. The van der Waals surface area contributed by atoms with Crippen molar-refractivity contribution in [3.8, 4) is 5.75 Å². The Bertz CT molecular complexity index is 629. The van der Waals surface area contributed by atoms with E-state index in [1.807, 2.05) is 0 Å². The number of ether oxygens (including phenoxy) is 1. The topological polar surface area (TPSA) is 110 Å². The molecule has 2 amide bonds. The first-order valence-corrected chi connectivity index (χ1v) is 7.46. The zero-order chi connectivity index (χ0) is 17.0. The van der Waals surface area contributed by atoms with Gasteiger partial charge in [-0.2, -0.15) is 0 Å². The van der Waals surface area contributed by atoms with E-state index >= 15 is 0 Å². The molecule has 7 heteroatoms. The van der Waals surface area contributed by atoms with Gasteiger partial charge in [-0.05, 0) is 37.8 Å². The van der Waals surface area contributed by atoms with Crippen molar-refractivity contribution in [3.05, 3.63) is 29.3 Å². The molecule has 124 valence electrons. The lowest BCUT2D eigenvalue weighted by atomic mass is 10.0. The maximum absolute atomic E-state index is 12.2. The highest BCUT2D eigenvalue weighted by molar-refractivity contribution is 5.94. The number of benzene rings is 1. The van der Waals surface area contributed by atoms with Crippen LogP contribution in [0.1, 0.15) is 35.2 Å². The quantitative estimate of drug-likeness (QED) is 0.795. The number of piperidine rings is 1. The number of likely N-dealkylation sites (tertiary alicyclic amines) is 1. The molecule has 0 spiro atoms. The second-order valence-electron chi connectivity index (χ2n) is 5.55. The van der Waals surface area contributed by atoms with Gasteiger partial charge in [0, 0.05) is 6.54 Å². The SMILES string of the molecule is Cc1cccc(C(=O)OCC(=O)N2CCCC[C@H]2C(N)=O)c1O. The molecule has 1 heterocycles. The van der Waals surface area contributed by atoms with Gasteiger partial charge in [-0.15, -0.1) is 0 Å². The number of aromatic hydroxyl groups is 1. The number of para-hydroxylation sites is 1. The summed E-state index contributed by atoms with van der Waals surface area (Å²) in [7, 11) is 0. The van der Waals surface area contributed by atoms with Crippen molar-refractivity contribution in [2.75, 3.05) is 13.2 Å². The van der Waals surface area contributed by atoms with E-state index in [0.29, 0.717) is 18.5 Å². The summed E-state index contributed by atoms with van der Waals surface area (Å²) >= 11 is 0. The fourth-order valence-corrected chi connectivity index (χ4v) is 2.64. The summed E-state index contributed by atoms with van der Waals surface area (Å²) in [4.78, 5) is 36.9. The molecule has 0 radical (unpaired) electrons. The maximum Gasteiger partial charge on any atom is 0.342 e. The number of nitrogens with two attached hydrogens (primary N) is 1. The molecule has 1 fully saturated rings. The zero-order valence-corrected chi connectivity index (χ0v) is 12.9. The van der Waals surface area contributed by atoms with Gasteiger partial charge in [0.15, 0.2) is 6.61 Å². The Morgan fingerprint density at radius 1 is 1.35 bits per heavy atom. The fourth-order valence-electron chi connectivity index (χ4n) is 2.64. The lowest BCUT2D eigenvalue weighted by Gasteiger charge is -2.33. The molecule has 3 N–H and O–H groups in total. The number of nitrogens with zero attached hydrogens (tertiary/aromatic N) is 1. The number of primary amides is 1. The van der Waals surface area contributed by atoms with Crippen LogP contribution in [-0.2, 0) is 14.3 Å². The maximum atomic E-state index is 12.2. The van der Waals surface area contributed by atoms with E-state index in [1.54, 1.807) is 19.1 Å². The highest BCUT2D eigenvalue weighted by Gasteiger charge is 2.31. The van der Waals surface area contributed by atoms with Crippen molar-refractivity contribution in [1.82, 2.24) is 4.90 Å². The minimum Gasteiger partial charge on any atom is -0.507 e. The number of hydrogen-bond acceptors (Lipinski definition) is 5. The Hall–Kier alpha value is -2.57. The number of amides is 2. The van der Waals surface area contributed by atoms with E-state index in [1.165, 1.54) is 11.0 Å². The van der Waals surface area contributed by atoms with Crippen LogP contribution in [0.25, 0.3) is 0 Å². The predicted octanol–water partition coefficient (Wildman–Crippen LogP) is 0.724. The van der Waals surface area contributed by atoms with Crippen LogP contribution in [0.3, 0.4) is 0 Å². The van der Waals surface area contributed by atoms with Crippen molar-refractivity contribution in [2.24, 2.45) is 5.73 Å². The average molecular weight is 320 g/mol. The summed E-state index contributed by atoms with van der Waals surface area (Å²) in [5.41, 5.74) is 5.85. The molecule has 0 aromatic heterocycles. The van der Waals surface area contributed by atoms with Gasteiger partial charge >= 0.3 is 5.97 Å². The van der Waals surface area contributed by atoms with E-state index in [9.17, 15) is 19.5 Å². The first-order valence-electron chi connectivity index (χ1n) is 7.46. The Labute approximate surface area is 134 Å². The number of hydrogen-bond donors (Lipinski definition) is 2. The lowest BCUT2D eigenvalue weighted by Crippen LogP contribution is -2.51. The first kappa shape index (κ1) is 16.8. The average Bonchev–Trinajstić information content (AvgIpc) is 2.54. The molecule has 1 aromatic rings. The summed E-state index contributed by atoms with van der Waals surface area (Å²) < 4.78 is 4.96. The third kappa shape index (κ3) is 3.80. The summed E-state index contributed by atoms with van der Waals surface area (Å²) in [6, 6.07) is 4.04. The molecule has 1 aromatic carbocycles. The molecule has 1 saturated heterocycles. The molecular formula is C16H20N2O5. The van der Waals surface area contributed by atoms with Crippen LogP contribution in [0.5, 0.6) is 5.75 Å². The van der Waals surface area contributed by atoms with Crippen molar-refractivity contribution < 1.29 is 24.2 Å². The van der Waals surface area contributed by atoms with Gasteiger partial charge < -0.3 is 20.5 Å². The second kappa shape index (κ2) is 7.13. The fraction of sp³-hybridized carbons (Fsp3) is 0.438. The zero-order valence-electron chi connectivity index (χ0n) is 12.9. The van der Waals surface area contributed by atoms with Gasteiger partial charge in [0.05, 0.1) is 0 Å². The van der Waals surface area contributed by atoms with Crippen molar-refractivity contribution >= 4 is 17.8 Å².